The van der Waals surface area contributed by atoms with Crippen molar-refractivity contribution in [1.29, 1.82) is 0 Å². The van der Waals surface area contributed by atoms with E-state index in [1.165, 1.54) is 12.1 Å². The monoisotopic (exact) mass is 279 g/mol. The summed E-state index contributed by atoms with van der Waals surface area (Å²) in [5.41, 5.74) is 0.177. The van der Waals surface area contributed by atoms with Gasteiger partial charge >= 0.3 is 12.0 Å². The molecule has 1 heterocycles. The Kier molecular flexibility index (Phi) is 4.41. The molecule has 0 saturated carbocycles. The first-order valence-corrected chi connectivity index (χ1v) is 6.41. The molecule has 0 radical (unpaired) electrons. The first-order valence-electron chi connectivity index (χ1n) is 6.41. The molecule has 0 atom stereocenters. The lowest BCUT2D eigenvalue weighted by Gasteiger charge is -2.20. The minimum Gasteiger partial charge on any atom is -0.506 e. The van der Waals surface area contributed by atoms with Gasteiger partial charge in [0, 0.05) is 19.6 Å². The molecule has 1 fully saturated rings. The van der Waals surface area contributed by atoms with Gasteiger partial charge in [0.2, 0.25) is 0 Å². The van der Waals surface area contributed by atoms with Gasteiger partial charge in [0.05, 0.1) is 11.3 Å². The molecule has 1 aromatic rings. The van der Waals surface area contributed by atoms with Crippen LogP contribution >= 0.6 is 0 Å². The number of carbonyl (C=O) groups excluding carboxylic acids is 1. The fourth-order valence-corrected chi connectivity index (χ4v) is 2.01. The summed E-state index contributed by atoms with van der Waals surface area (Å²) in [7, 11) is 0. The van der Waals surface area contributed by atoms with Crippen LogP contribution in [0.3, 0.4) is 0 Å². The number of aromatic carboxylic acids is 1. The Hall–Kier alpha value is -2.28. The number of nitrogens with one attached hydrogen (secondary N) is 2. The van der Waals surface area contributed by atoms with Crippen LogP contribution in [0.4, 0.5) is 10.5 Å². The maximum Gasteiger partial charge on any atom is 0.335 e. The van der Waals surface area contributed by atoms with Crippen molar-refractivity contribution in [2.45, 2.75) is 6.42 Å². The Morgan fingerprint density at radius 2 is 2.05 bits per heavy atom. The predicted octanol–water partition coefficient (Wildman–Crippen LogP) is 0.918. The number of rotatable bonds is 2. The molecule has 1 saturated heterocycles. The second kappa shape index (κ2) is 6.25. The molecule has 0 spiro atoms. The summed E-state index contributed by atoms with van der Waals surface area (Å²) < 4.78 is 0. The lowest BCUT2D eigenvalue weighted by molar-refractivity contribution is 0.0696. The van der Waals surface area contributed by atoms with Gasteiger partial charge in [-0.3, -0.25) is 0 Å². The third-order valence-electron chi connectivity index (χ3n) is 3.11. The fraction of sp³-hybridized carbons (Fsp3) is 0.385. The number of carboxylic acid groups (broad SMARTS) is 1. The van der Waals surface area contributed by atoms with Crippen LogP contribution < -0.4 is 10.6 Å². The highest BCUT2D eigenvalue weighted by Crippen LogP contribution is 2.24. The van der Waals surface area contributed by atoms with Crippen LogP contribution in [0.2, 0.25) is 0 Å². The molecule has 1 aliphatic heterocycles. The van der Waals surface area contributed by atoms with Crippen molar-refractivity contribution >= 4 is 17.7 Å². The molecule has 7 nitrogen and oxygen atoms in total. The molecule has 108 valence electrons. The molecular formula is C13H17N3O4. The van der Waals surface area contributed by atoms with E-state index in [9.17, 15) is 14.7 Å². The highest BCUT2D eigenvalue weighted by molar-refractivity contribution is 5.93. The SMILES string of the molecule is O=C(O)c1ccc(NC(=O)N2CCCNCC2)c(O)c1. The second-order valence-electron chi connectivity index (χ2n) is 4.56. The van der Waals surface area contributed by atoms with Crippen molar-refractivity contribution in [3.8, 4) is 5.75 Å². The van der Waals surface area contributed by atoms with E-state index in [-0.39, 0.29) is 23.0 Å². The number of hydrogen-bond acceptors (Lipinski definition) is 4. The Bertz CT molecular complexity index is 510. The summed E-state index contributed by atoms with van der Waals surface area (Å²) in [6, 6.07) is 3.53. The molecule has 7 heteroatoms. The van der Waals surface area contributed by atoms with Crippen LogP contribution in [0.15, 0.2) is 18.2 Å². The van der Waals surface area contributed by atoms with E-state index in [0.717, 1.165) is 25.6 Å². The minimum absolute atomic E-state index is 0.0283. The van der Waals surface area contributed by atoms with Crippen LogP contribution in [0.25, 0.3) is 0 Å². The largest absolute Gasteiger partial charge is 0.506 e. The van der Waals surface area contributed by atoms with Crippen LogP contribution in [0.1, 0.15) is 16.8 Å². The van der Waals surface area contributed by atoms with Crippen molar-refractivity contribution in [3.63, 3.8) is 0 Å². The Morgan fingerprint density at radius 3 is 2.75 bits per heavy atom. The van der Waals surface area contributed by atoms with E-state index in [1.54, 1.807) is 4.90 Å². The van der Waals surface area contributed by atoms with Gasteiger partial charge in [-0.2, -0.15) is 0 Å². The van der Waals surface area contributed by atoms with Gasteiger partial charge in [0.25, 0.3) is 0 Å². The van der Waals surface area contributed by atoms with Crippen molar-refractivity contribution in [1.82, 2.24) is 10.2 Å². The Balaban J connectivity index is 2.05. The second-order valence-corrected chi connectivity index (χ2v) is 4.56. The zero-order chi connectivity index (χ0) is 14.5. The smallest absolute Gasteiger partial charge is 0.335 e. The number of carboxylic acids is 1. The summed E-state index contributed by atoms with van der Waals surface area (Å²) in [4.78, 5) is 24.5. The summed E-state index contributed by atoms with van der Waals surface area (Å²) in [5, 5.41) is 24.3. The molecule has 20 heavy (non-hydrogen) atoms. The van der Waals surface area contributed by atoms with E-state index in [1.807, 2.05) is 0 Å². The maximum atomic E-state index is 12.1. The molecule has 1 aliphatic rings. The van der Waals surface area contributed by atoms with Crippen molar-refractivity contribution in [3.05, 3.63) is 23.8 Å². The highest BCUT2D eigenvalue weighted by atomic mass is 16.4. The number of benzene rings is 1. The van der Waals surface area contributed by atoms with Gasteiger partial charge in [-0.25, -0.2) is 9.59 Å². The van der Waals surface area contributed by atoms with E-state index in [4.69, 9.17) is 5.11 Å². The Morgan fingerprint density at radius 1 is 1.25 bits per heavy atom. The number of hydrogen-bond donors (Lipinski definition) is 4. The Labute approximate surface area is 116 Å². The van der Waals surface area contributed by atoms with E-state index in [0.29, 0.717) is 13.1 Å². The van der Waals surface area contributed by atoms with Crippen LogP contribution in [-0.2, 0) is 0 Å². The van der Waals surface area contributed by atoms with Gasteiger partial charge in [-0.15, -0.1) is 0 Å². The summed E-state index contributed by atoms with van der Waals surface area (Å²) in [6.07, 6.45) is 0.872. The number of urea groups is 1. The zero-order valence-electron chi connectivity index (χ0n) is 10.9. The molecule has 0 aliphatic carbocycles. The van der Waals surface area contributed by atoms with Gasteiger partial charge in [0.15, 0.2) is 0 Å². The quantitative estimate of drug-likeness (QED) is 0.603. The van der Waals surface area contributed by atoms with Gasteiger partial charge in [0.1, 0.15) is 5.75 Å². The first kappa shape index (κ1) is 14.1. The third-order valence-corrected chi connectivity index (χ3v) is 3.11. The highest BCUT2D eigenvalue weighted by Gasteiger charge is 2.17. The van der Waals surface area contributed by atoms with E-state index < -0.39 is 5.97 Å². The lowest BCUT2D eigenvalue weighted by atomic mass is 10.2. The molecular weight excluding hydrogens is 262 g/mol. The minimum atomic E-state index is -1.13. The predicted molar refractivity (Wildman–Crippen MR) is 73.1 cm³/mol. The van der Waals surface area contributed by atoms with Crippen LogP contribution in [-0.4, -0.2) is 53.3 Å². The van der Waals surface area contributed by atoms with E-state index in [2.05, 4.69) is 10.6 Å². The first-order chi connectivity index (χ1) is 9.58. The lowest BCUT2D eigenvalue weighted by Crippen LogP contribution is -2.37. The summed E-state index contributed by atoms with van der Waals surface area (Å²) in [6.45, 7) is 2.85. The number of carbonyl (C=O) groups is 2. The standard InChI is InChI=1S/C13H17N3O4/c17-11-8-9(12(18)19)2-3-10(11)15-13(20)16-6-1-4-14-5-7-16/h2-3,8,14,17H,1,4-7H2,(H,15,20)(H,18,19). The molecule has 2 rings (SSSR count). The molecule has 0 unspecified atom stereocenters. The summed E-state index contributed by atoms with van der Waals surface area (Å²) in [5.74, 6) is -1.39. The number of phenols is 1. The average Bonchev–Trinajstić information content (AvgIpc) is 2.69. The van der Waals surface area contributed by atoms with Crippen molar-refractivity contribution < 1.29 is 19.8 Å². The van der Waals surface area contributed by atoms with Crippen molar-refractivity contribution in [2.24, 2.45) is 0 Å². The van der Waals surface area contributed by atoms with Gasteiger partial charge in [-0.05, 0) is 31.2 Å². The van der Waals surface area contributed by atoms with Gasteiger partial charge in [-0.1, -0.05) is 0 Å². The molecule has 2 amide bonds. The molecule has 1 aromatic carbocycles. The van der Waals surface area contributed by atoms with Crippen molar-refractivity contribution in [2.75, 3.05) is 31.5 Å². The molecule has 4 N–H and O–H groups in total. The fourth-order valence-electron chi connectivity index (χ4n) is 2.01. The van der Waals surface area contributed by atoms with Crippen LogP contribution in [0.5, 0.6) is 5.75 Å². The number of nitrogens with zero attached hydrogens (tertiary/aromatic N) is 1. The topological polar surface area (TPSA) is 102 Å². The van der Waals surface area contributed by atoms with E-state index >= 15 is 0 Å². The average molecular weight is 279 g/mol. The van der Waals surface area contributed by atoms with Gasteiger partial charge < -0.3 is 25.7 Å². The number of phenolic OH excluding ortho intramolecular Hbond substituents is 1. The number of amides is 2. The van der Waals surface area contributed by atoms with Crippen LogP contribution in [0, 0.1) is 0 Å². The molecule has 0 aromatic heterocycles. The molecule has 0 bridgehead atoms. The zero-order valence-corrected chi connectivity index (χ0v) is 10.9. The third kappa shape index (κ3) is 3.39. The maximum absolute atomic E-state index is 12.1. The number of anilines is 1. The normalized spacial score (nSPS) is 15.5. The number of aromatic hydroxyl groups is 1. The summed E-state index contributed by atoms with van der Waals surface area (Å²) >= 11 is 0.